The molecule has 0 fully saturated rings. The van der Waals surface area contributed by atoms with Crippen molar-refractivity contribution in [3.8, 4) is 0 Å². The Bertz CT molecular complexity index is 98.5. The van der Waals surface area contributed by atoms with Gasteiger partial charge in [0.25, 0.3) is 0 Å². The van der Waals surface area contributed by atoms with Crippen LogP contribution in [-0.2, 0) is 31.2 Å². The van der Waals surface area contributed by atoms with Crippen LogP contribution in [0.5, 0.6) is 0 Å². The summed E-state index contributed by atoms with van der Waals surface area (Å²) in [5.74, 6) is 0. The second-order valence-corrected chi connectivity index (χ2v) is 4.03. The minimum Gasteiger partial charge on any atom is -0.394 e. The Balaban J connectivity index is -0.0000000544. The first-order valence-electron chi connectivity index (χ1n) is 7.03. The maximum Gasteiger partial charge on any atom is 0.0697 e. The normalized spacial score (nSPS) is 8.57. The number of rotatable bonds is 6. The Hall–Kier alpha value is 0.474. The molecule has 132 valence electrons. The zero-order valence-corrected chi connectivity index (χ0v) is 16.1. The molecule has 0 aromatic carbocycles. The van der Waals surface area contributed by atoms with Crippen molar-refractivity contribution in [1.29, 1.82) is 0 Å². The predicted octanol–water partition coefficient (Wildman–Crippen LogP) is 0.802. The van der Waals surface area contributed by atoms with Gasteiger partial charge in [0, 0.05) is 47.1 Å². The molecular formula is C14H36O6Ti. The van der Waals surface area contributed by atoms with Crippen LogP contribution in [0.25, 0.3) is 0 Å². The summed E-state index contributed by atoms with van der Waals surface area (Å²) in [5.41, 5.74) is 0. The SMILES string of the molecule is CC(C)O.CC(C)O.CCOCCO.CCOCCO.[Ti]. The van der Waals surface area contributed by atoms with Gasteiger partial charge in [-0.1, -0.05) is 0 Å². The van der Waals surface area contributed by atoms with E-state index in [1.54, 1.807) is 27.7 Å². The molecule has 0 aliphatic carbocycles. The van der Waals surface area contributed by atoms with Crippen molar-refractivity contribution in [3.63, 3.8) is 0 Å². The Morgan fingerprint density at radius 2 is 0.905 bits per heavy atom. The van der Waals surface area contributed by atoms with Crippen molar-refractivity contribution < 1.29 is 51.6 Å². The molecule has 0 bridgehead atoms. The van der Waals surface area contributed by atoms with E-state index in [9.17, 15) is 0 Å². The maximum absolute atomic E-state index is 8.07. The van der Waals surface area contributed by atoms with E-state index in [1.807, 2.05) is 13.8 Å². The second kappa shape index (κ2) is 37.1. The van der Waals surface area contributed by atoms with Gasteiger partial charge in [-0.2, -0.15) is 0 Å². The minimum absolute atomic E-state index is 0. The molecule has 0 amide bonds. The number of aliphatic hydroxyl groups is 4. The molecule has 0 heterocycles. The zero-order chi connectivity index (χ0) is 16.8. The van der Waals surface area contributed by atoms with Gasteiger partial charge in [-0.25, -0.2) is 0 Å². The number of ether oxygens (including phenoxy) is 2. The van der Waals surface area contributed by atoms with Crippen molar-refractivity contribution >= 4 is 0 Å². The van der Waals surface area contributed by atoms with Crippen LogP contribution in [0.4, 0.5) is 0 Å². The van der Waals surface area contributed by atoms with Gasteiger partial charge in [0.05, 0.1) is 26.4 Å². The van der Waals surface area contributed by atoms with Crippen molar-refractivity contribution in [2.24, 2.45) is 0 Å². The van der Waals surface area contributed by atoms with Gasteiger partial charge in [0.2, 0.25) is 0 Å². The molecule has 0 aliphatic heterocycles. The zero-order valence-electron chi connectivity index (χ0n) is 14.5. The van der Waals surface area contributed by atoms with Gasteiger partial charge in [-0.15, -0.1) is 0 Å². The van der Waals surface area contributed by atoms with Crippen molar-refractivity contribution in [3.05, 3.63) is 0 Å². The van der Waals surface area contributed by atoms with E-state index < -0.39 is 0 Å². The van der Waals surface area contributed by atoms with Gasteiger partial charge < -0.3 is 29.9 Å². The molecule has 7 heteroatoms. The third-order valence-electron chi connectivity index (χ3n) is 0.879. The molecule has 0 aromatic heterocycles. The summed E-state index contributed by atoms with van der Waals surface area (Å²) in [4.78, 5) is 0. The van der Waals surface area contributed by atoms with E-state index in [-0.39, 0.29) is 47.1 Å². The second-order valence-electron chi connectivity index (χ2n) is 4.03. The molecule has 0 saturated heterocycles. The molecular weight excluding hydrogens is 312 g/mol. The number of hydrogen-bond acceptors (Lipinski definition) is 6. The molecule has 0 radical (unpaired) electrons. The molecule has 0 rings (SSSR count). The molecule has 6 nitrogen and oxygen atoms in total. The summed E-state index contributed by atoms with van der Waals surface area (Å²) in [6.07, 6.45) is -0.333. The van der Waals surface area contributed by atoms with Crippen LogP contribution in [0.2, 0.25) is 0 Å². The first-order chi connectivity index (χ1) is 9.29. The molecule has 0 spiro atoms. The predicted molar refractivity (Wildman–Crippen MR) is 81.9 cm³/mol. The summed E-state index contributed by atoms with van der Waals surface area (Å²) in [7, 11) is 0. The van der Waals surface area contributed by atoms with E-state index >= 15 is 0 Å². The fourth-order valence-corrected chi connectivity index (χ4v) is 0.418. The van der Waals surface area contributed by atoms with Crippen LogP contribution in [0.1, 0.15) is 41.5 Å². The van der Waals surface area contributed by atoms with Crippen LogP contribution in [-0.4, -0.2) is 72.3 Å². The van der Waals surface area contributed by atoms with E-state index in [2.05, 4.69) is 0 Å². The van der Waals surface area contributed by atoms with Crippen molar-refractivity contribution in [2.75, 3.05) is 39.6 Å². The van der Waals surface area contributed by atoms with Gasteiger partial charge >= 0.3 is 0 Å². The average molecular weight is 348 g/mol. The van der Waals surface area contributed by atoms with Gasteiger partial charge in [0.15, 0.2) is 0 Å². The first-order valence-corrected chi connectivity index (χ1v) is 7.03. The maximum atomic E-state index is 8.07. The van der Waals surface area contributed by atoms with Crippen LogP contribution in [0.15, 0.2) is 0 Å². The summed E-state index contributed by atoms with van der Waals surface area (Å²) < 4.78 is 9.47. The Kier molecular flexibility index (Phi) is 58.5. The molecule has 0 unspecified atom stereocenters. The molecule has 0 aromatic rings. The fourth-order valence-electron chi connectivity index (χ4n) is 0.418. The largest absolute Gasteiger partial charge is 0.394 e. The summed E-state index contributed by atoms with van der Waals surface area (Å²) in [6.45, 7) is 13.3. The third-order valence-corrected chi connectivity index (χ3v) is 0.879. The number of aliphatic hydroxyl groups excluding tert-OH is 4. The van der Waals surface area contributed by atoms with E-state index in [0.717, 1.165) is 0 Å². The summed E-state index contributed by atoms with van der Waals surface area (Å²) in [5, 5.41) is 32.3. The van der Waals surface area contributed by atoms with Gasteiger partial charge in [-0.3, -0.25) is 0 Å². The van der Waals surface area contributed by atoms with Crippen LogP contribution < -0.4 is 0 Å². The van der Waals surface area contributed by atoms with Crippen molar-refractivity contribution in [1.82, 2.24) is 0 Å². The Labute approximate surface area is 145 Å². The number of hydrogen-bond donors (Lipinski definition) is 4. The van der Waals surface area contributed by atoms with Gasteiger partial charge in [-0.05, 0) is 41.5 Å². The Morgan fingerprint density at radius 1 is 0.714 bits per heavy atom. The third kappa shape index (κ3) is 167. The van der Waals surface area contributed by atoms with Crippen molar-refractivity contribution in [2.45, 2.75) is 53.8 Å². The summed E-state index contributed by atoms with van der Waals surface area (Å²) >= 11 is 0. The molecule has 21 heavy (non-hydrogen) atoms. The smallest absolute Gasteiger partial charge is 0.0697 e. The molecule has 0 aliphatic rings. The standard InChI is InChI=1S/2C4H10O2.2C3H8O.Ti/c2*1-2-6-4-3-5;2*1-3(2)4;/h2*5H,2-4H2,1H3;2*3-4H,1-2H3;. The fraction of sp³-hybridized carbons (Fsp3) is 1.00. The van der Waals surface area contributed by atoms with E-state index in [0.29, 0.717) is 26.4 Å². The quantitative estimate of drug-likeness (QED) is 0.419. The topological polar surface area (TPSA) is 99.4 Å². The minimum atomic E-state index is -0.167. The molecule has 0 atom stereocenters. The molecule has 4 N–H and O–H groups in total. The van der Waals surface area contributed by atoms with Gasteiger partial charge in [0.1, 0.15) is 0 Å². The molecule has 0 saturated carbocycles. The average Bonchev–Trinajstić information content (AvgIpc) is 2.33. The van der Waals surface area contributed by atoms with E-state index in [4.69, 9.17) is 29.9 Å². The Morgan fingerprint density at radius 3 is 0.952 bits per heavy atom. The van der Waals surface area contributed by atoms with Crippen LogP contribution in [0, 0.1) is 0 Å². The first kappa shape index (κ1) is 33.2. The van der Waals surface area contributed by atoms with E-state index in [1.165, 1.54) is 0 Å². The van der Waals surface area contributed by atoms with Crippen LogP contribution in [0.3, 0.4) is 0 Å². The van der Waals surface area contributed by atoms with Crippen LogP contribution >= 0.6 is 0 Å². The summed E-state index contributed by atoms with van der Waals surface area (Å²) in [6, 6.07) is 0. The monoisotopic (exact) mass is 348 g/mol.